The number of fused-ring (bicyclic) bond motifs is 7. The Bertz CT molecular complexity index is 4450. The number of esters is 1. The number of Topliss-reactive ketones (excluding diaryl/α,β-unsaturated/α-hetero) is 1. The minimum absolute atomic E-state index is 0.0813. The van der Waals surface area contributed by atoms with Crippen molar-refractivity contribution in [3.05, 3.63) is 118 Å². The normalized spacial score (nSPS) is 24.9. The number of nitrogens with two attached hydrogens (primary N) is 1. The van der Waals surface area contributed by atoms with Gasteiger partial charge in [0, 0.05) is 125 Å². The number of imide groups is 1. The van der Waals surface area contributed by atoms with Gasteiger partial charge in [0.15, 0.2) is 22.3 Å². The van der Waals surface area contributed by atoms with Gasteiger partial charge in [0.2, 0.25) is 17.7 Å². The van der Waals surface area contributed by atoms with Gasteiger partial charge < -0.3 is 85.5 Å². The molecular weight excluding hydrogens is 1360 g/mol. The number of hydrogen-bond acceptors (Lipinski definition) is 22. The summed E-state index contributed by atoms with van der Waals surface area (Å²) >= 11 is 0. The number of nitrogens with one attached hydrogen (secondary N) is 5. The van der Waals surface area contributed by atoms with Crippen LogP contribution in [0.5, 0.6) is 11.5 Å². The number of carbonyl (C=O) groups is 10. The number of hydrogen-bond donors (Lipinski definition) is 9. The van der Waals surface area contributed by atoms with Crippen LogP contribution < -0.4 is 47.4 Å². The fourth-order valence-electron chi connectivity index (χ4n) is 14.2. The van der Waals surface area contributed by atoms with E-state index in [2.05, 4.69) is 26.6 Å². The quantitative estimate of drug-likeness (QED) is 0.00974. The first-order valence-electron chi connectivity index (χ1n) is 35.0. The number of urea groups is 1. The molecule has 5 aromatic rings. The van der Waals surface area contributed by atoms with E-state index in [0.29, 0.717) is 49.3 Å². The molecule has 1 saturated heterocycles. The topological polar surface area (TPSA) is 417 Å². The second-order valence-electron chi connectivity index (χ2n) is 27.9. The van der Waals surface area contributed by atoms with Gasteiger partial charge in [0.1, 0.15) is 47.3 Å². The van der Waals surface area contributed by atoms with Crippen LogP contribution in [-0.4, -0.2) is 178 Å². The molecular formula is C75H90N10O20. The lowest BCUT2D eigenvalue weighted by Crippen LogP contribution is -2.57. The monoisotopic (exact) mass is 1450 g/mol. The summed E-state index contributed by atoms with van der Waals surface area (Å²) in [5, 5.41) is 49.6. The van der Waals surface area contributed by atoms with Gasteiger partial charge in [-0.05, 0) is 81.4 Å². The number of ketones is 1. The summed E-state index contributed by atoms with van der Waals surface area (Å²) in [5.74, 6) is -11.0. The van der Waals surface area contributed by atoms with Crippen molar-refractivity contribution in [2.45, 2.75) is 155 Å². The zero-order valence-corrected chi connectivity index (χ0v) is 60.2. The highest BCUT2D eigenvalue weighted by Crippen LogP contribution is 2.54. The maximum absolute atomic E-state index is 16.1. The first-order valence-corrected chi connectivity index (χ1v) is 35.0. The number of aromatic nitrogens is 1. The summed E-state index contributed by atoms with van der Waals surface area (Å²) in [5.41, 5.74) is 3.02. The number of primary amides is 1. The Hall–Kier alpha value is -10.7. The summed E-state index contributed by atoms with van der Waals surface area (Å²) in [6.07, 6.45) is 5.64. The molecule has 0 saturated carbocycles. The highest BCUT2D eigenvalue weighted by atomic mass is 16.7. The molecule has 0 aliphatic carbocycles. The lowest BCUT2D eigenvalue weighted by Gasteiger charge is -2.46. The maximum atomic E-state index is 16.1. The number of methoxy groups -OCH3 is 1. The van der Waals surface area contributed by atoms with Gasteiger partial charge in [-0.15, -0.1) is 0 Å². The van der Waals surface area contributed by atoms with E-state index >= 15 is 9.59 Å². The number of phenolic OH excluding ortho intramolecular Hbond substituents is 1. The second kappa shape index (κ2) is 32.1. The third-order valence-corrected chi connectivity index (χ3v) is 20.2. The molecule has 105 heavy (non-hydrogen) atoms. The lowest BCUT2D eigenvalue weighted by atomic mass is 9.65. The van der Waals surface area contributed by atoms with Crippen molar-refractivity contribution in [1.29, 1.82) is 0 Å². The van der Waals surface area contributed by atoms with E-state index in [1.165, 1.54) is 51.5 Å². The average Bonchev–Trinajstić information content (AvgIpc) is 1.60. The number of benzene rings is 4. The van der Waals surface area contributed by atoms with Crippen LogP contribution in [0.15, 0.2) is 100.0 Å². The second-order valence-corrected chi connectivity index (χ2v) is 27.9. The molecule has 5 aliphatic rings. The number of nitrogens with zero attached hydrogens (tertiary/aromatic N) is 4. The van der Waals surface area contributed by atoms with Crippen LogP contribution in [0, 0.1) is 23.7 Å². The van der Waals surface area contributed by atoms with Gasteiger partial charge in [-0.25, -0.2) is 14.6 Å². The van der Waals surface area contributed by atoms with Crippen molar-refractivity contribution < 1.29 is 91.4 Å². The number of phenols is 1. The molecule has 30 nitrogen and oxygen atoms in total. The number of anilines is 3. The van der Waals surface area contributed by atoms with Crippen molar-refractivity contribution in [1.82, 2.24) is 30.7 Å². The number of aromatic hydroxyl groups is 1. The van der Waals surface area contributed by atoms with Gasteiger partial charge in [0.25, 0.3) is 23.5 Å². The van der Waals surface area contributed by atoms with Crippen LogP contribution in [0.4, 0.5) is 26.7 Å². The first-order chi connectivity index (χ1) is 49.9. The molecule has 10 rings (SSSR count). The highest BCUT2D eigenvalue weighted by Gasteiger charge is 2.58. The highest BCUT2D eigenvalue weighted by molar-refractivity contribution is 6.27. The zero-order chi connectivity index (χ0) is 76.1. The SMILES string of the molecule is CO[C@H]1/C=C/O[C@@]2(C)Oc3c4c(=O)c5c(O)c(c6oc7cc(N8CCN(C(=O)OCc9ccc(NC(=O)[C@H](CCCNC(N)=O)NC(=O)[C@@H](NC(=O)CCCCCN%10C(=O)C=CC%10=O)C(C)C)cc9)CC8)ccc7nc6c5c3C2=O)NC(=O)/C(C)=C\C=C\[C@H](C)[C@H](O)[C@@H](C)[C@@H](O)[C@@H](C)[C@H](OC(C)=O)[C@@]41C. The van der Waals surface area contributed by atoms with Gasteiger partial charge in [0.05, 0.1) is 46.5 Å². The molecule has 9 amide bonds. The van der Waals surface area contributed by atoms with Gasteiger partial charge >= 0.3 is 23.9 Å². The summed E-state index contributed by atoms with van der Waals surface area (Å²) < 4.78 is 37.3. The number of carbonyl (C=O) groups excluding carboxylic acids is 10. The van der Waals surface area contributed by atoms with Crippen LogP contribution in [-0.2, 0) is 64.5 Å². The third kappa shape index (κ3) is 16.2. The number of aliphatic hydroxyl groups is 2. The largest absolute Gasteiger partial charge is 0.505 e. The molecule has 0 spiro atoms. The summed E-state index contributed by atoms with van der Waals surface area (Å²) in [6.45, 7) is 15.3. The standard InChI is InChI=1S/C75H90N10O20/c1-38(2)58(81-51(87)19-12-11-13-30-85-52(88)26-27-53(85)89)71(97)80-48(18-15-29-77-72(76)98)70(96)78-45-22-20-44(21-23-45)37-101-73(99)84-33-31-83(32-34-84)46-24-25-47-49(36-46)104-66-59(79-47)54-55-63(92)57-65-56(54)67(94)75(9,105-65)102-35-28-50(100-10)74(57,8)68(103-43(7)86)42(6)62(91)41(5)61(90)39(3)16-14-17-40(4)69(95)82-60(66)64(55)93/h14,16-17,20-28,35-36,38-39,41-42,48,50,58,61-62,68,90-91,93H,11-13,15,18-19,29-34,37H2,1-10H3,(H,78,96)(H,80,97)(H,81,87)(H,82,95)(H3,76,77,98)/b16-14+,35-28+,40-17-/t39-,41+,42+,48-,50-,58-,61-,62+,68-,74+,75-/m0/s1. The number of allylic oxidation sites excluding steroid dienone is 2. The molecule has 10 N–H and O–H groups in total. The summed E-state index contributed by atoms with van der Waals surface area (Å²) in [6, 6.07) is 8.73. The molecule has 0 unspecified atom stereocenters. The predicted octanol–water partition coefficient (Wildman–Crippen LogP) is 6.28. The van der Waals surface area contributed by atoms with Crippen molar-refractivity contribution in [3.63, 3.8) is 0 Å². The number of ether oxygens (including phenoxy) is 5. The van der Waals surface area contributed by atoms with Gasteiger partial charge in [-0.2, -0.15) is 0 Å². The Kier molecular flexibility index (Phi) is 23.5. The summed E-state index contributed by atoms with van der Waals surface area (Å²) in [4.78, 5) is 158. The lowest BCUT2D eigenvalue weighted by molar-refractivity contribution is -0.164. The Balaban J connectivity index is 0.860. The van der Waals surface area contributed by atoms with Gasteiger partial charge in [-0.3, -0.25) is 48.1 Å². The fourth-order valence-corrected chi connectivity index (χ4v) is 14.2. The van der Waals surface area contributed by atoms with Crippen LogP contribution in [0.3, 0.4) is 0 Å². The van der Waals surface area contributed by atoms with Crippen LogP contribution in [0.1, 0.15) is 122 Å². The Labute approximate surface area is 604 Å². The van der Waals surface area contributed by atoms with E-state index in [9.17, 15) is 58.5 Å². The van der Waals surface area contributed by atoms with E-state index in [4.69, 9.17) is 38.8 Å². The van der Waals surface area contributed by atoms with Crippen molar-refractivity contribution in [2.75, 3.05) is 61.9 Å². The molecule has 560 valence electrons. The van der Waals surface area contributed by atoms with E-state index in [-0.39, 0.29) is 120 Å². The number of rotatable bonds is 21. The Morgan fingerprint density at radius 3 is 2.23 bits per heavy atom. The first kappa shape index (κ1) is 76.9. The average molecular weight is 1450 g/mol. The van der Waals surface area contributed by atoms with Crippen LogP contribution >= 0.6 is 0 Å². The zero-order valence-electron chi connectivity index (χ0n) is 60.2. The third-order valence-electron chi connectivity index (χ3n) is 20.2. The van der Waals surface area contributed by atoms with Gasteiger partial charge in [-0.1, -0.05) is 71.4 Å². The number of aliphatic hydroxyl groups excluding tert-OH is 2. The van der Waals surface area contributed by atoms with E-state index < -0.39 is 135 Å². The molecule has 30 heteroatoms. The Morgan fingerprint density at radius 1 is 0.857 bits per heavy atom. The fraction of sp³-hybridized carbons (Fsp3) is 0.467. The Morgan fingerprint density at radius 2 is 1.56 bits per heavy atom. The molecule has 1 fully saturated rings. The minimum atomic E-state index is -2.16. The maximum Gasteiger partial charge on any atom is 0.410 e. The molecule has 4 aromatic carbocycles. The number of piperazine rings is 1. The van der Waals surface area contributed by atoms with Crippen molar-refractivity contribution in [3.8, 4) is 11.5 Å². The number of unbranched alkanes of at least 4 members (excludes halogenated alkanes) is 2. The summed E-state index contributed by atoms with van der Waals surface area (Å²) in [7, 11) is 1.34. The van der Waals surface area contributed by atoms with Crippen LogP contribution in [0.25, 0.3) is 33.0 Å². The van der Waals surface area contributed by atoms with E-state index in [1.807, 2.05) is 4.90 Å². The number of amides is 9. The molecule has 11 atom stereocenters. The molecule has 5 bridgehead atoms. The van der Waals surface area contributed by atoms with Crippen LogP contribution in [0.2, 0.25) is 0 Å². The van der Waals surface area contributed by atoms with E-state index in [1.54, 1.807) is 101 Å². The molecule has 1 aromatic heterocycles. The molecule has 5 aliphatic heterocycles. The smallest absolute Gasteiger partial charge is 0.410 e. The predicted molar refractivity (Wildman–Crippen MR) is 384 cm³/mol. The van der Waals surface area contributed by atoms with E-state index in [0.717, 1.165) is 11.8 Å². The van der Waals surface area contributed by atoms with Crippen molar-refractivity contribution in [2.24, 2.45) is 29.4 Å². The molecule has 6 heterocycles. The minimum Gasteiger partial charge on any atom is -0.505 e. The molecule has 0 radical (unpaired) electrons. The van der Waals surface area contributed by atoms with Crippen molar-refractivity contribution >= 4 is 109 Å².